The molecule has 0 spiro atoms. The standard InChI is InChI=1S/C25H31N3O8S/c1-4-9-26-22(29)13-28-12-18(15-5-8-20-21(10-15)36-14-35-20)23(25(30)31)24(28)17-7-6-16(34-2)11-19(17)27-37(3,32)33/h5-8,10-11,18,23-24,27H,4,9,12-14H2,1-3H3,(H,26,29)(H,30,31). The molecule has 0 radical (unpaired) electrons. The number of methoxy groups -OCH3 is 1. The second-order valence-electron chi connectivity index (χ2n) is 9.13. The summed E-state index contributed by atoms with van der Waals surface area (Å²) in [6, 6.07) is 9.30. The number of sulfonamides is 1. The second kappa shape index (κ2) is 10.9. The van der Waals surface area contributed by atoms with E-state index >= 15 is 0 Å². The van der Waals surface area contributed by atoms with Gasteiger partial charge in [-0.15, -0.1) is 0 Å². The number of aliphatic carboxylic acids is 1. The van der Waals surface area contributed by atoms with Gasteiger partial charge < -0.3 is 24.6 Å². The summed E-state index contributed by atoms with van der Waals surface area (Å²) in [7, 11) is -2.24. The summed E-state index contributed by atoms with van der Waals surface area (Å²) in [4.78, 5) is 27.3. The number of rotatable bonds is 10. The Kier molecular flexibility index (Phi) is 7.79. The third kappa shape index (κ3) is 5.91. The number of carbonyl (C=O) groups excluding carboxylic acids is 1. The molecule has 200 valence electrons. The molecule has 2 aromatic carbocycles. The quantitative estimate of drug-likeness (QED) is 0.419. The molecule has 12 heteroatoms. The summed E-state index contributed by atoms with van der Waals surface area (Å²) in [6.45, 7) is 2.72. The number of likely N-dealkylation sites (tertiary alicyclic amines) is 1. The number of ether oxygens (including phenoxy) is 3. The summed E-state index contributed by atoms with van der Waals surface area (Å²) in [5.41, 5.74) is 1.36. The molecule has 4 rings (SSSR count). The molecule has 0 aromatic heterocycles. The van der Waals surface area contributed by atoms with Gasteiger partial charge >= 0.3 is 5.97 Å². The van der Waals surface area contributed by atoms with Gasteiger partial charge in [0.2, 0.25) is 22.7 Å². The number of anilines is 1. The molecule has 3 N–H and O–H groups in total. The number of nitrogens with zero attached hydrogens (tertiary/aromatic N) is 1. The number of carboxylic acid groups (broad SMARTS) is 1. The minimum absolute atomic E-state index is 0.0557. The first kappa shape index (κ1) is 26.6. The van der Waals surface area contributed by atoms with Crippen LogP contribution in [0, 0.1) is 5.92 Å². The Labute approximate surface area is 215 Å². The molecule has 1 amide bonds. The van der Waals surface area contributed by atoms with Crippen LogP contribution in [0.5, 0.6) is 17.2 Å². The predicted molar refractivity (Wildman–Crippen MR) is 136 cm³/mol. The SMILES string of the molecule is CCCNC(=O)CN1CC(c2ccc3c(c2)OCO3)C(C(=O)O)C1c1ccc(OC)cc1NS(C)(=O)=O. The van der Waals surface area contributed by atoms with Crippen LogP contribution in [0.1, 0.15) is 36.4 Å². The molecule has 3 atom stereocenters. The number of hydrogen-bond acceptors (Lipinski definition) is 8. The molecule has 1 fully saturated rings. The van der Waals surface area contributed by atoms with Crippen LogP contribution in [0.25, 0.3) is 0 Å². The highest BCUT2D eigenvalue weighted by molar-refractivity contribution is 7.92. The molecule has 2 aliphatic rings. The summed E-state index contributed by atoms with van der Waals surface area (Å²) in [5.74, 6) is -1.30. The van der Waals surface area contributed by atoms with E-state index in [0.717, 1.165) is 18.2 Å². The fourth-order valence-corrected chi connectivity index (χ4v) is 5.53. The maximum atomic E-state index is 12.8. The fraction of sp³-hybridized carbons (Fsp3) is 0.440. The first-order valence-electron chi connectivity index (χ1n) is 11.9. The lowest BCUT2D eigenvalue weighted by atomic mass is 9.82. The minimum Gasteiger partial charge on any atom is -0.497 e. The molecular formula is C25H31N3O8S. The van der Waals surface area contributed by atoms with Crippen molar-refractivity contribution in [2.24, 2.45) is 5.92 Å². The van der Waals surface area contributed by atoms with Gasteiger partial charge in [0.05, 0.1) is 37.6 Å². The molecule has 0 saturated carbocycles. The predicted octanol–water partition coefficient (Wildman–Crippen LogP) is 2.16. The summed E-state index contributed by atoms with van der Waals surface area (Å²) in [6.07, 6.45) is 1.78. The normalized spacial score (nSPS) is 21.0. The van der Waals surface area contributed by atoms with E-state index in [0.29, 0.717) is 29.4 Å². The summed E-state index contributed by atoms with van der Waals surface area (Å²) < 4.78 is 43.0. The lowest BCUT2D eigenvalue weighted by molar-refractivity contribution is -0.143. The zero-order valence-electron chi connectivity index (χ0n) is 20.9. The Morgan fingerprint density at radius 3 is 2.59 bits per heavy atom. The van der Waals surface area contributed by atoms with Crippen LogP contribution in [0.2, 0.25) is 0 Å². The van der Waals surface area contributed by atoms with Gasteiger partial charge in [0.15, 0.2) is 11.5 Å². The first-order chi connectivity index (χ1) is 17.6. The average molecular weight is 534 g/mol. The van der Waals surface area contributed by atoms with Crippen molar-refractivity contribution in [1.29, 1.82) is 0 Å². The van der Waals surface area contributed by atoms with Gasteiger partial charge in [-0.25, -0.2) is 8.42 Å². The van der Waals surface area contributed by atoms with Crippen LogP contribution in [0.3, 0.4) is 0 Å². The van der Waals surface area contributed by atoms with Gasteiger partial charge in [0.25, 0.3) is 0 Å². The van der Waals surface area contributed by atoms with Gasteiger partial charge in [-0.2, -0.15) is 0 Å². The van der Waals surface area contributed by atoms with Crippen molar-refractivity contribution >= 4 is 27.6 Å². The Bertz CT molecular complexity index is 1280. The number of fused-ring (bicyclic) bond motifs is 1. The topological polar surface area (TPSA) is 144 Å². The van der Waals surface area contributed by atoms with Crippen molar-refractivity contribution in [3.8, 4) is 17.2 Å². The monoisotopic (exact) mass is 533 g/mol. The zero-order chi connectivity index (χ0) is 26.7. The third-order valence-corrected chi connectivity index (χ3v) is 7.09. The largest absolute Gasteiger partial charge is 0.497 e. The molecule has 3 unspecified atom stereocenters. The molecule has 2 heterocycles. The van der Waals surface area contributed by atoms with E-state index in [2.05, 4.69) is 10.0 Å². The van der Waals surface area contributed by atoms with Crippen LogP contribution < -0.4 is 24.2 Å². The summed E-state index contributed by atoms with van der Waals surface area (Å²) in [5, 5.41) is 13.3. The molecule has 2 aliphatic heterocycles. The van der Waals surface area contributed by atoms with Crippen LogP contribution >= 0.6 is 0 Å². The van der Waals surface area contributed by atoms with Gasteiger partial charge in [-0.05, 0) is 35.7 Å². The van der Waals surface area contributed by atoms with E-state index in [9.17, 15) is 23.1 Å². The van der Waals surface area contributed by atoms with Crippen LogP contribution in [-0.4, -0.2) is 70.1 Å². The van der Waals surface area contributed by atoms with Crippen LogP contribution in [0.15, 0.2) is 36.4 Å². The number of nitrogens with one attached hydrogen (secondary N) is 2. The van der Waals surface area contributed by atoms with Crippen molar-refractivity contribution in [3.63, 3.8) is 0 Å². The first-order valence-corrected chi connectivity index (χ1v) is 13.8. The second-order valence-corrected chi connectivity index (χ2v) is 10.9. The van der Waals surface area contributed by atoms with Crippen LogP contribution in [-0.2, 0) is 19.6 Å². The Morgan fingerprint density at radius 1 is 1.16 bits per heavy atom. The van der Waals surface area contributed by atoms with E-state index < -0.39 is 33.9 Å². The molecule has 0 aliphatic carbocycles. The fourth-order valence-electron chi connectivity index (χ4n) is 4.96. The molecule has 11 nitrogen and oxygen atoms in total. The minimum atomic E-state index is -3.70. The van der Waals surface area contributed by atoms with Gasteiger partial charge in [-0.1, -0.05) is 19.1 Å². The maximum Gasteiger partial charge on any atom is 0.309 e. The highest BCUT2D eigenvalue weighted by Gasteiger charge is 2.49. The van der Waals surface area contributed by atoms with E-state index in [-0.39, 0.29) is 31.5 Å². The van der Waals surface area contributed by atoms with Gasteiger partial charge in [0, 0.05) is 25.1 Å². The Balaban J connectivity index is 1.81. The highest BCUT2D eigenvalue weighted by Crippen LogP contribution is 2.49. The lowest BCUT2D eigenvalue weighted by Crippen LogP contribution is -2.38. The van der Waals surface area contributed by atoms with Crippen molar-refractivity contribution in [2.75, 3.05) is 44.5 Å². The lowest BCUT2D eigenvalue weighted by Gasteiger charge is -2.29. The number of hydrogen-bond donors (Lipinski definition) is 3. The number of amides is 1. The average Bonchev–Trinajstić information content (AvgIpc) is 3.46. The Hall–Kier alpha value is -3.51. The van der Waals surface area contributed by atoms with E-state index in [4.69, 9.17) is 14.2 Å². The number of carbonyl (C=O) groups is 2. The molecule has 1 saturated heterocycles. The summed E-state index contributed by atoms with van der Waals surface area (Å²) >= 11 is 0. The maximum absolute atomic E-state index is 12.8. The zero-order valence-corrected chi connectivity index (χ0v) is 21.7. The van der Waals surface area contributed by atoms with E-state index in [1.807, 2.05) is 6.92 Å². The molecule has 0 bridgehead atoms. The number of benzene rings is 2. The van der Waals surface area contributed by atoms with Crippen molar-refractivity contribution in [3.05, 3.63) is 47.5 Å². The van der Waals surface area contributed by atoms with Crippen molar-refractivity contribution in [2.45, 2.75) is 25.3 Å². The Morgan fingerprint density at radius 2 is 1.92 bits per heavy atom. The van der Waals surface area contributed by atoms with E-state index in [1.54, 1.807) is 35.2 Å². The molecular weight excluding hydrogens is 502 g/mol. The third-order valence-electron chi connectivity index (χ3n) is 6.50. The molecule has 2 aromatic rings. The van der Waals surface area contributed by atoms with Crippen LogP contribution in [0.4, 0.5) is 5.69 Å². The van der Waals surface area contributed by atoms with Crippen molar-refractivity contribution < 1.29 is 37.3 Å². The van der Waals surface area contributed by atoms with Gasteiger partial charge in [0.1, 0.15) is 5.75 Å². The highest BCUT2D eigenvalue weighted by atomic mass is 32.2. The van der Waals surface area contributed by atoms with E-state index in [1.165, 1.54) is 13.2 Å². The number of carboxylic acids is 1. The van der Waals surface area contributed by atoms with Gasteiger partial charge in [-0.3, -0.25) is 19.2 Å². The molecule has 37 heavy (non-hydrogen) atoms. The smallest absolute Gasteiger partial charge is 0.309 e. The van der Waals surface area contributed by atoms with Crippen molar-refractivity contribution in [1.82, 2.24) is 10.2 Å².